The average Bonchev–Trinajstić information content (AvgIpc) is 3.57. The highest BCUT2D eigenvalue weighted by molar-refractivity contribution is 7.20. The van der Waals surface area contributed by atoms with Crippen LogP contribution in [0.4, 0.5) is 5.82 Å². The number of para-hydroxylation sites is 1. The molecule has 1 fully saturated rings. The molecule has 0 spiro atoms. The van der Waals surface area contributed by atoms with Gasteiger partial charge in [0, 0.05) is 23.5 Å². The molecule has 1 amide bonds. The van der Waals surface area contributed by atoms with Crippen LogP contribution >= 0.6 is 11.3 Å². The number of thiazole rings is 1. The zero-order valence-corrected chi connectivity index (χ0v) is 20.0. The van der Waals surface area contributed by atoms with Crippen LogP contribution in [0.1, 0.15) is 54.8 Å². The number of ether oxygens (including phenoxy) is 2. The second-order valence-corrected chi connectivity index (χ2v) is 9.97. The number of aryl methyl sites for hydroxylation is 1. The highest BCUT2D eigenvalue weighted by Crippen LogP contribution is 2.44. The Morgan fingerprint density at radius 1 is 1.15 bits per heavy atom. The number of hydrogen-bond acceptors (Lipinski definition) is 6. The lowest BCUT2D eigenvalue weighted by molar-refractivity contribution is -0.116. The molecule has 1 aliphatic heterocycles. The normalized spacial score (nSPS) is 18.2. The van der Waals surface area contributed by atoms with Crippen molar-refractivity contribution in [2.45, 2.75) is 51.0 Å². The first-order valence-electron chi connectivity index (χ1n) is 11.7. The number of aromatic nitrogens is 3. The summed E-state index contributed by atoms with van der Waals surface area (Å²) >= 11 is 1.52. The van der Waals surface area contributed by atoms with E-state index in [0.717, 1.165) is 51.4 Å². The summed E-state index contributed by atoms with van der Waals surface area (Å²) in [5.41, 5.74) is 3.82. The van der Waals surface area contributed by atoms with Crippen molar-refractivity contribution in [2.75, 3.05) is 12.4 Å². The van der Waals surface area contributed by atoms with Gasteiger partial charge in [-0.05, 0) is 56.9 Å². The van der Waals surface area contributed by atoms with Crippen LogP contribution in [0.3, 0.4) is 0 Å². The van der Waals surface area contributed by atoms with Gasteiger partial charge in [-0.15, -0.1) is 0 Å². The van der Waals surface area contributed by atoms with Crippen LogP contribution in [-0.4, -0.2) is 33.9 Å². The molecule has 1 atom stereocenters. The topological polar surface area (TPSA) is 78.3 Å². The van der Waals surface area contributed by atoms with E-state index in [4.69, 9.17) is 19.6 Å². The lowest BCUT2D eigenvalue weighted by atomic mass is 9.85. The minimum absolute atomic E-state index is 0.0305. The van der Waals surface area contributed by atoms with Gasteiger partial charge >= 0.3 is 0 Å². The Bertz CT molecular complexity index is 1390. The van der Waals surface area contributed by atoms with Crippen molar-refractivity contribution in [2.24, 2.45) is 0 Å². The fourth-order valence-electron chi connectivity index (χ4n) is 5.12. The molecule has 174 valence electrons. The van der Waals surface area contributed by atoms with E-state index in [1.807, 2.05) is 43.3 Å². The summed E-state index contributed by atoms with van der Waals surface area (Å²) in [5.74, 6) is 2.20. The first-order chi connectivity index (χ1) is 16.6. The maximum atomic E-state index is 12.9. The molecule has 0 radical (unpaired) electrons. The standard InChI is InChI=1S/C26H26N4O3S/c1-15-24-19(18-9-5-6-10-21(18)33-16-7-3-4-8-16)14-23(31)28-25(24)30(29-15)26-27-20-12-11-17(32-2)13-22(20)34-26/h5-6,9-13,16,19H,3-4,7-8,14H2,1-2H3,(H,28,31)/t19-/m1/s1. The number of anilines is 1. The molecule has 1 N–H and O–H groups in total. The van der Waals surface area contributed by atoms with E-state index >= 15 is 0 Å². The van der Waals surface area contributed by atoms with Gasteiger partial charge in [-0.3, -0.25) is 4.79 Å². The largest absolute Gasteiger partial charge is 0.497 e. The molecular formula is C26H26N4O3S. The quantitative estimate of drug-likeness (QED) is 0.408. The predicted molar refractivity (Wildman–Crippen MR) is 132 cm³/mol. The third-order valence-corrected chi connectivity index (χ3v) is 7.75. The molecule has 1 saturated carbocycles. The summed E-state index contributed by atoms with van der Waals surface area (Å²) in [6.07, 6.45) is 5.21. The zero-order chi connectivity index (χ0) is 23.2. The van der Waals surface area contributed by atoms with Gasteiger partial charge < -0.3 is 14.8 Å². The number of methoxy groups -OCH3 is 1. The van der Waals surface area contributed by atoms with Crippen molar-refractivity contribution in [1.82, 2.24) is 14.8 Å². The molecule has 8 heteroatoms. The molecule has 4 aromatic rings. The van der Waals surface area contributed by atoms with E-state index in [9.17, 15) is 4.79 Å². The van der Waals surface area contributed by atoms with Crippen molar-refractivity contribution in [3.63, 3.8) is 0 Å². The van der Waals surface area contributed by atoms with Crippen LogP contribution < -0.4 is 14.8 Å². The number of nitrogens with one attached hydrogen (secondary N) is 1. The summed E-state index contributed by atoms with van der Waals surface area (Å²) in [6.45, 7) is 2.00. The Hall–Kier alpha value is -3.39. The lowest BCUT2D eigenvalue weighted by Crippen LogP contribution is -2.25. The van der Waals surface area contributed by atoms with Crippen molar-refractivity contribution < 1.29 is 14.3 Å². The fraction of sp³-hybridized carbons (Fsp3) is 0.346. The summed E-state index contributed by atoms with van der Waals surface area (Å²) < 4.78 is 14.6. The van der Waals surface area contributed by atoms with Crippen molar-refractivity contribution in [1.29, 1.82) is 0 Å². The van der Waals surface area contributed by atoms with Gasteiger partial charge in [-0.1, -0.05) is 29.5 Å². The van der Waals surface area contributed by atoms with Crippen LogP contribution in [0, 0.1) is 6.92 Å². The Labute approximate surface area is 201 Å². The molecule has 2 aliphatic rings. The summed E-state index contributed by atoms with van der Waals surface area (Å²) in [7, 11) is 1.65. The van der Waals surface area contributed by atoms with Gasteiger partial charge in [-0.2, -0.15) is 9.78 Å². The Morgan fingerprint density at radius 2 is 1.97 bits per heavy atom. The Kier molecular flexibility index (Phi) is 5.25. The average molecular weight is 475 g/mol. The monoisotopic (exact) mass is 474 g/mol. The predicted octanol–water partition coefficient (Wildman–Crippen LogP) is 5.59. The van der Waals surface area contributed by atoms with Gasteiger partial charge in [-0.25, -0.2) is 4.98 Å². The number of rotatable bonds is 5. The third-order valence-electron chi connectivity index (χ3n) is 6.76. The maximum Gasteiger partial charge on any atom is 0.226 e. The van der Waals surface area contributed by atoms with E-state index < -0.39 is 0 Å². The van der Waals surface area contributed by atoms with E-state index in [2.05, 4.69) is 11.4 Å². The van der Waals surface area contributed by atoms with Gasteiger partial charge in [0.25, 0.3) is 0 Å². The summed E-state index contributed by atoms with van der Waals surface area (Å²) in [6, 6.07) is 13.9. The van der Waals surface area contributed by atoms with Crippen LogP contribution in [0.15, 0.2) is 42.5 Å². The number of benzene rings is 2. The molecule has 34 heavy (non-hydrogen) atoms. The number of fused-ring (bicyclic) bond motifs is 2. The maximum absolute atomic E-state index is 12.9. The molecule has 1 aliphatic carbocycles. The minimum atomic E-state index is -0.121. The molecule has 7 nitrogen and oxygen atoms in total. The number of carbonyl (C=O) groups is 1. The van der Waals surface area contributed by atoms with Crippen LogP contribution in [0.5, 0.6) is 11.5 Å². The smallest absolute Gasteiger partial charge is 0.226 e. The summed E-state index contributed by atoms with van der Waals surface area (Å²) in [5, 5.41) is 8.60. The number of nitrogens with zero attached hydrogens (tertiary/aromatic N) is 3. The van der Waals surface area contributed by atoms with E-state index in [1.54, 1.807) is 11.8 Å². The number of hydrogen-bond donors (Lipinski definition) is 1. The molecule has 6 rings (SSSR count). The SMILES string of the molecule is COc1ccc2nc(-n3nc(C)c4c3NC(=O)C[C@@H]4c3ccccc3OC3CCCC3)sc2c1. The molecule has 0 bridgehead atoms. The highest BCUT2D eigenvalue weighted by Gasteiger charge is 2.35. The molecule has 2 aromatic carbocycles. The van der Waals surface area contributed by atoms with E-state index in [-0.39, 0.29) is 17.9 Å². The first kappa shape index (κ1) is 21.2. The molecule has 0 saturated heterocycles. The molecule has 0 unspecified atom stereocenters. The Morgan fingerprint density at radius 3 is 2.79 bits per heavy atom. The van der Waals surface area contributed by atoms with E-state index in [1.165, 1.54) is 24.2 Å². The van der Waals surface area contributed by atoms with Crippen molar-refractivity contribution >= 4 is 33.3 Å². The summed E-state index contributed by atoms with van der Waals surface area (Å²) in [4.78, 5) is 17.7. The number of amides is 1. The van der Waals surface area contributed by atoms with Gasteiger partial charge in [0.05, 0.1) is 29.1 Å². The fourth-order valence-corrected chi connectivity index (χ4v) is 6.08. The molecule has 2 aromatic heterocycles. The Balaban J connectivity index is 1.43. The van der Waals surface area contributed by atoms with Crippen LogP contribution in [-0.2, 0) is 4.79 Å². The first-order valence-corrected chi connectivity index (χ1v) is 12.5. The van der Waals surface area contributed by atoms with Crippen LogP contribution in [0.2, 0.25) is 0 Å². The third kappa shape index (κ3) is 3.62. The zero-order valence-electron chi connectivity index (χ0n) is 19.2. The second-order valence-electron chi connectivity index (χ2n) is 8.96. The molecular weight excluding hydrogens is 448 g/mol. The van der Waals surface area contributed by atoms with E-state index in [0.29, 0.717) is 17.4 Å². The lowest BCUT2D eigenvalue weighted by Gasteiger charge is -2.26. The van der Waals surface area contributed by atoms with Gasteiger partial charge in [0.2, 0.25) is 11.0 Å². The molecule has 3 heterocycles. The minimum Gasteiger partial charge on any atom is -0.497 e. The second kappa shape index (κ2) is 8.43. The van der Waals surface area contributed by atoms with Crippen molar-refractivity contribution in [3.05, 3.63) is 59.3 Å². The van der Waals surface area contributed by atoms with Gasteiger partial charge in [0.1, 0.15) is 17.3 Å². The van der Waals surface area contributed by atoms with Crippen molar-refractivity contribution in [3.8, 4) is 16.6 Å². The highest BCUT2D eigenvalue weighted by atomic mass is 32.1. The number of carbonyl (C=O) groups excluding carboxylic acids is 1. The van der Waals surface area contributed by atoms with Gasteiger partial charge in [0.15, 0.2) is 0 Å². The van der Waals surface area contributed by atoms with Crippen LogP contribution in [0.25, 0.3) is 15.3 Å².